The van der Waals surface area contributed by atoms with Crippen molar-refractivity contribution < 1.29 is 26.7 Å². The molecule has 0 radical (unpaired) electrons. The van der Waals surface area contributed by atoms with Crippen molar-refractivity contribution in [2.24, 2.45) is 0 Å². The highest BCUT2D eigenvalue weighted by atomic mass is 32.2. The van der Waals surface area contributed by atoms with Crippen LogP contribution in [-0.2, 0) is 11.0 Å². The molecule has 1 heterocycles. The molecule has 10 heteroatoms. The second-order valence-electron chi connectivity index (χ2n) is 5.47. The molecule has 1 amide bonds. The second-order valence-corrected chi connectivity index (χ2v) is 6.80. The van der Waals surface area contributed by atoms with Crippen molar-refractivity contribution in [3.05, 3.63) is 52.7 Å². The Morgan fingerprint density at radius 3 is 2.52 bits per heavy atom. The topological polar surface area (TPSA) is 65.8 Å². The minimum absolute atomic E-state index is 0.0287. The number of nitrogens with zero attached hydrogens (tertiary/aromatic N) is 2. The Kier molecular flexibility index (Phi) is 6.05. The van der Waals surface area contributed by atoms with Gasteiger partial charge in [0, 0.05) is 11.8 Å². The van der Waals surface area contributed by atoms with Crippen molar-refractivity contribution in [3.8, 4) is 6.07 Å². The van der Waals surface area contributed by atoms with Crippen LogP contribution < -0.4 is 5.32 Å². The van der Waals surface area contributed by atoms with Gasteiger partial charge in [-0.25, -0.2) is 13.8 Å². The van der Waals surface area contributed by atoms with E-state index in [1.807, 2.05) is 0 Å². The summed E-state index contributed by atoms with van der Waals surface area (Å²) in [5, 5.41) is 10.1. The molecular formula is C17H12F5N3OS. The maximum absolute atomic E-state index is 13.6. The first-order chi connectivity index (χ1) is 12.5. The van der Waals surface area contributed by atoms with Gasteiger partial charge in [-0.05, 0) is 32.0 Å². The summed E-state index contributed by atoms with van der Waals surface area (Å²) in [5.41, 5.74) is -2.08. The SMILES string of the molecule is Cc1cc(C(F)(F)F)c(C#N)c(SC(C)C(=O)Nc2ccc(F)cc2F)n1. The van der Waals surface area contributed by atoms with Gasteiger partial charge in [0.2, 0.25) is 5.91 Å². The van der Waals surface area contributed by atoms with Crippen molar-refractivity contribution >= 4 is 23.4 Å². The molecule has 1 aromatic heterocycles. The van der Waals surface area contributed by atoms with Crippen molar-refractivity contribution in [2.75, 3.05) is 5.32 Å². The number of hydrogen-bond donors (Lipinski definition) is 1. The Labute approximate surface area is 155 Å². The Morgan fingerprint density at radius 2 is 1.96 bits per heavy atom. The van der Waals surface area contributed by atoms with Crippen LogP contribution in [-0.4, -0.2) is 16.1 Å². The lowest BCUT2D eigenvalue weighted by Gasteiger charge is -2.16. The van der Waals surface area contributed by atoms with E-state index in [4.69, 9.17) is 5.26 Å². The van der Waals surface area contributed by atoms with Gasteiger partial charge in [-0.3, -0.25) is 4.79 Å². The van der Waals surface area contributed by atoms with E-state index in [1.54, 1.807) is 0 Å². The lowest BCUT2D eigenvalue weighted by molar-refractivity contribution is -0.138. The Morgan fingerprint density at radius 1 is 1.30 bits per heavy atom. The summed E-state index contributed by atoms with van der Waals surface area (Å²) in [7, 11) is 0. The van der Waals surface area contributed by atoms with Crippen LogP contribution in [0.1, 0.15) is 23.7 Å². The number of aryl methyl sites for hydroxylation is 1. The number of aromatic nitrogens is 1. The number of carbonyl (C=O) groups excluding carboxylic acids is 1. The predicted molar refractivity (Wildman–Crippen MR) is 89.0 cm³/mol. The molecule has 1 N–H and O–H groups in total. The van der Waals surface area contributed by atoms with Gasteiger partial charge >= 0.3 is 6.18 Å². The van der Waals surface area contributed by atoms with Crippen LogP contribution in [0.5, 0.6) is 0 Å². The molecule has 4 nitrogen and oxygen atoms in total. The van der Waals surface area contributed by atoms with E-state index in [2.05, 4.69) is 10.3 Å². The van der Waals surface area contributed by atoms with Crippen LogP contribution in [0.15, 0.2) is 29.3 Å². The van der Waals surface area contributed by atoms with Crippen LogP contribution in [0.4, 0.5) is 27.6 Å². The molecule has 2 aromatic rings. The molecular weight excluding hydrogens is 389 g/mol. The first kappa shape index (κ1) is 20.6. The molecule has 0 fully saturated rings. The smallest absolute Gasteiger partial charge is 0.323 e. The van der Waals surface area contributed by atoms with E-state index in [1.165, 1.54) is 19.9 Å². The third-order valence-corrected chi connectivity index (χ3v) is 4.46. The molecule has 0 bridgehead atoms. The zero-order valence-electron chi connectivity index (χ0n) is 14.0. The number of alkyl halides is 3. The van der Waals surface area contributed by atoms with Crippen molar-refractivity contribution in [1.82, 2.24) is 4.98 Å². The van der Waals surface area contributed by atoms with Gasteiger partial charge in [-0.15, -0.1) is 0 Å². The van der Waals surface area contributed by atoms with Gasteiger partial charge < -0.3 is 5.32 Å². The molecule has 142 valence electrons. The van der Waals surface area contributed by atoms with Gasteiger partial charge in [0.05, 0.1) is 22.1 Å². The number of benzene rings is 1. The highest BCUT2D eigenvalue weighted by Gasteiger charge is 2.36. The van der Waals surface area contributed by atoms with Gasteiger partial charge in [0.15, 0.2) is 0 Å². The molecule has 1 unspecified atom stereocenters. The van der Waals surface area contributed by atoms with Crippen LogP contribution in [0.3, 0.4) is 0 Å². The normalized spacial score (nSPS) is 12.4. The average molecular weight is 401 g/mol. The first-order valence-electron chi connectivity index (χ1n) is 7.44. The number of nitrogens with one attached hydrogen (secondary N) is 1. The fraction of sp³-hybridized carbons (Fsp3) is 0.235. The van der Waals surface area contributed by atoms with E-state index in [-0.39, 0.29) is 16.4 Å². The maximum atomic E-state index is 13.6. The van der Waals surface area contributed by atoms with Gasteiger partial charge in [-0.2, -0.15) is 18.4 Å². The molecule has 0 aliphatic heterocycles. The zero-order chi connectivity index (χ0) is 20.4. The van der Waals surface area contributed by atoms with Crippen molar-refractivity contribution in [2.45, 2.75) is 30.3 Å². The molecule has 1 atom stereocenters. The summed E-state index contributed by atoms with van der Waals surface area (Å²) >= 11 is 0.633. The number of carbonyl (C=O) groups is 1. The number of hydrogen-bond acceptors (Lipinski definition) is 4. The Balaban J connectivity index is 2.27. The summed E-state index contributed by atoms with van der Waals surface area (Å²) in [6, 6.07) is 4.77. The quantitative estimate of drug-likeness (QED) is 0.597. The largest absolute Gasteiger partial charge is 0.417 e. The lowest BCUT2D eigenvalue weighted by Crippen LogP contribution is -2.23. The molecule has 0 aliphatic rings. The molecule has 0 saturated heterocycles. The number of rotatable bonds is 4. The minimum Gasteiger partial charge on any atom is -0.323 e. The average Bonchev–Trinajstić information content (AvgIpc) is 2.56. The monoisotopic (exact) mass is 401 g/mol. The number of halogens is 5. The first-order valence-corrected chi connectivity index (χ1v) is 8.32. The Hall–Kier alpha value is -2.67. The number of nitriles is 1. The van der Waals surface area contributed by atoms with Gasteiger partial charge in [-0.1, -0.05) is 11.8 Å². The fourth-order valence-electron chi connectivity index (χ4n) is 2.11. The van der Waals surface area contributed by atoms with Gasteiger partial charge in [0.25, 0.3) is 0 Å². The molecule has 27 heavy (non-hydrogen) atoms. The summed E-state index contributed by atoms with van der Waals surface area (Å²) in [6.07, 6.45) is -4.75. The van der Waals surface area contributed by atoms with Crippen molar-refractivity contribution in [3.63, 3.8) is 0 Å². The maximum Gasteiger partial charge on any atom is 0.417 e. The Bertz CT molecular complexity index is 924. The van der Waals surface area contributed by atoms with Crippen LogP contribution in [0.2, 0.25) is 0 Å². The number of anilines is 1. The van der Waals surface area contributed by atoms with E-state index < -0.39 is 40.1 Å². The lowest BCUT2D eigenvalue weighted by atomic mass is 10.1. The van der Waals surface area contributed by atoms with E-state index in [0.29, 0.717) is 17.8 Å². The third kappa shape index (κ3) is 4.95. The molecule has 0 spiro atoms. The number of pyridine rings is 1. The summed E-state index contributed by atoms with van der Waals surface area (Å²) in [6.45, 7) is 2.69. The standard InChI is InChI=1S/C17H12F5N3OS/c1-8-5-12(17(20,21)22)11(7-23)16(24-8)27-9(2)15(26)25-14-4-3-10(18)6-13(14)19/h3-6,9H,1-2H3,(H,25,26). The zero-order valence-corrected chi connectivity index (χ0v) is 14.8. The summed E-state index contributed by atoms with van der Waals surface area (Å²) < 4.78 is 65.9. The van der Waals surface area contributed by atoms with E-state index in [9.17, 15) is 26.7 Å². The van der Waals surface area contributed by atoms with Gasteiger partial charge in [0.1, 0.15) is 22.7 Å². The highest BCUT2D eigenvalue weighted by Crippen LogP contribution is 2.37. The van der Waals surface area contributed by atoms with Crippen LogP contribution in [0.25, 0.3) is 0 Å². The highest BCUT2D eigenvalue weighted by molar-refractivity contribution is 8.00. The van der Waals surface area contributed by atoms with Crippen LogP contribution >= 0.6 is 11.8 Å². The molecule has 1 aromatic carbocycles. The molecule has 0 aliphatic carbocycles. The fourth-order valence-corrected chi connectivity index (χ4v) is 3.08. The predicted octanol–water partition coefficient (Wildman–Crippen LogP) is 4.68. The molecule has 2 rings (SSSR count). The molecule has 0 saturated carbocycles. The summed E-state index contributed by atoms with van der Waals surface area (Å²) in [4.78, 5) is 16.1. The number of thioether (sulfide) groups is 1. The van der Waals surface area contributed by atoms with E-state index >= 15 is 0 Å². The number of amides is 1. The summed E-state index contributed by atoms with van der Waals surface area (Å²) in [5.74, 6) is -2.56. The van der Waals surface area contributed by atoms with Crippen molar-refractivity contribution in [1.29, 1.82) is 5.26 Å². The second kappa shape index (κ2) is 7.92. The van der Waals surface area contributed by atoms with E-state index in [0.717, 1.165) is 18.2 Å². The van der Waals surface area contributed by atoms with Crippen LogP contribution in [0, 0.1) is 29.9 Å². The third-order valence-electron chi connectivity index (χ3n) is 3.38. The minimum atomic E-state index is -4.75.